The summed E-state index contributed by atoms with van der Waals surface area (Å²) >= 11 is 0. The number of methoxy groups -OCH3 is 1. The average Bonchev–Trinajstić information content (AvgIpc) is 2.37. The molecule has 17 heavy (non-hydrogen) atoms. The van der Waals surface area contributed by atoms with E-state index in [1.165, 1.54) is 0 Å². The van der Waals surface area contributed by atoms with Gasteiger partial charge in [0.1, 0.15) is 11.8 Å². The van der Waals surface area contributed by atoms with Crippen LogP contribution in [0.2, 0.25) is 0 Å². The zero-order valence-corrected chi connectivity index (χ0v) is 9.96. The SMILES string of the molecule is COCCN(CCO)Cc1cccnc1C#N. The zero-order valence-electron chi connectivity index (χ0n) is 9.96. The third-order valence-electron chi connectivity index (χ3n) is 2.42. The molecule has 0 aliphatic carbocycles. The lowest BCUT2D eigenvalue weighted by Crippen LogP contribution is -2.30. The molecule has 0 fully saturated rings. The third kappa shape index (κ3) is 4.49. The second kappa shape index (κ2) is 7.74. The van der Waals surface area contributed by atoms with Gasteiger partial charge >= 0.3 is 0 Å². The molecule has 1 aromatic heterocycles. The molecule has 1 heterocycles. The van der Waals surface area contributed by atoms with Crippen LogP contribution in [0.1, 0.15) is 11.3 Å². The third-order valence-corrected chi connectivity index (χ3v) is 2.42. The fourth-order valence-corrected chi connectivity index (χ4v) is 1.54. The maximum absolute atomic E-state index is 8.98. The number of aromatic nitrogens is 1. The minimum Gasteiger partial charge on any atom is -0.395 e. The van der Waals surface area contributed by atoms with Crippen molar-refractivity contribution in [3.8, 4) is 6.07 Å². The van der Waals surface area contributed by atoms with Crippen LogP contribution in [-0.2, 0) is 11.3 Å². The van der Waals surface area contributed by atoms with E-state index in [0.29, 0.717) is 25.4 Å². The number of aliphatic hydroxyl groups is 1. The number of nitrogens with zero attached hydrogens (tertiary/aromatic N) is 3. The first kappa shape index (κ1) is 13.6. The van der Waals surface area contributed by atoms with Crippen molar-refractivity contribution in [3.05, 3.63) is 29.6 Å². The van der Waals surface area contributed by atoms with Crippen LogP contribution >= 0.6 is 0 Å². The minimum atomic E-state index is 0.0892. The van der Waals surface area contributed by atoms with Gasteiger partial charge in [0.2, 0.25) is 0 Å². The highest BCUT2D eigenvalue weighted by atomic mass is 16.5. The van der Waals surface area contributed by atoms with Gasteiger partial charge in [0, 0.05) is 38.5 Å². The number of hydrogen-bond donors (Lipinski definition) is 1. The lowest BCUT2D eigenvalue weighted by molar-refractivity contribution is 0.126. The molecular formula is C12H17N3O2. The van der Waals surface area contributed by atoms with E-state index in [4.69, 9.17) is 15.1 Å². The van der Waals surface area contributed by atoms with Crippen LogP contribution in [0.15, 0.2) is 18.3 Å². The molecule has 1 rings (SSSR count). The Morgan fingerprint density at radius 1 is 1.53 bits per heavy atom. The molecule has 0 radical (unpaired) electrons. The highest BCUT2D eigenvalue weighted by molar-refractivity contribution is 5.30. The Labute approximate surface area is 101 Å². The standard InChI is InChI=1S/C12H17N3O2/c1-17-8-6-15(5-7-16)10-11-3-2-4-14-12(11)9-13/h2-4,16H,5-8,10H2,1H3. The molecule has 0 unspecified atom stereocenters. The fourth-order valence-electron chi connectivity index (χ4n) is 1.54. The number of rotatable bonds is 7. The van der Waals surface area contributed by atoms with Gasteiger partial charge in [0.15, 0.2) is 0 Å². The Morgan fingerprint density at radius 2 is 2.35 bits per heavy atom. The van der Waals surface area contributed by atoms with Crippen LogP contribution in [0, 0.1) is 11.3 Å². The summed E-state index contributed by atoms with van der Waals surface area (Å²) in [5.41, 5.74) is 1.31. The smallest absolute Gasteiger partial charge is 0.144 e. The summed E-state index contributed by atoms with van der Waals surface area (Å²) in [6.45, 7) is 2.56. The van der Waals surface area contributed by atoms with E-state index in [9.17, 15) is 0 Å². The average molecular weight is 235 g/mol. The molecule has 1 aromatic rings. The maximum Gasteiger partial charge on any atom is 0.144 e. The Morgan fingerprint density at radius 3 is 3.00 bits per heavy atom. The molecule has 0 spiro atoms. The van der Waals surface area contributed by atoms with Gasteiger partial charge in [-0.1, -0.05) is 6.07 Å². The number of hydrogen-bond acceptors (Lipinski definition) is 5. The van der Waals surface area contributed by atoms with Crippen LogP contribution in [0.25, 0.3) is 0 Å². The van der Waals surface area contributed by atoms with Crippen molar-refractivity contribution in [2.75, 3.05) is 33.4 Å². The van der Waals surface area contributed by atoms with E-state index >= 15 is 0 Å². The molecule has 0 amide bonds. The summed E-state index contributed by atoms with van der Waals surface area (Å²) in [5.74, 6) is 0. The van der Waals surface area contributed by atoms with Gasteiger partial charge in [0.25, 0.3) is 0 Å². The first-order chi connectivity index (χ1) is 8.31. The van der Waals surface area contributed by atoms with Crippen LogP contribution in [-0.4, -0.2) is 48.4 Å². The van der Waals surface area contributed by atoms with Gasteiger partial charge in [0.05, 0.1) is 13.2 Å². The summed E-state index contributed by atoms with van der Waals surface area (Å²) in [6, 6.07) is 5.75. The van der Waals surface area contributed by atoms with Gasteiger partial charge in [-0.2, -0.15) is 5.26 Å². The molecule has 5 nitrogen and oxygen atoms in total. The van der Waals surface area contributed by atoms with Crippen molar-refractivity contribution in [2.45, 2.75) is 6.54 Å². The molecule has 0 aliphatic heterocycles. The Balaban J connectivity index is 2.68. The number of aliphatic hydroxyl groups excluding tert-OH is 1. The van der Waals surface area contributed by atoms with Crippen LogP contribution < -0.4 is 0 Å². The quantitative estimate of drug-likeness (QED) is 0.740. The van der Waals surface area contributed by atoms with Gasteiger partial charge in [-0.15, -0.1) is 0 Å². The van der Waals surface area contributed by atoms with Gasteiger partial charge < -0.3 is 9.84 Å². The van der Waals surface area contributed by atoms with Crippen molar-refractivity contribution in [2.24, 2.45) is 0 Å². The van der Waals surface area contributed by atoms with Crippen molar-refractivity contribution in [1.82, 2.24) is 9.88 Å². The summed E-state index contributed by atoms with van der Waals surface area (Å²) in [4.78, 5) is 6.04. The van der Waals surface area contributed by atoms with Crippen LogP contribution in [0.4, 0.5) is 0 Å². The molecule has 0 aliphatic rings. The van der Waals surface area contributed by atoms with Crippen molar-refractivity contribution in [3.63, 3.8) is 0 Å². The van der Waals surface area contributed by atoms with Crippen molar-refractivity contribution in [1.29, 1.82) is 5.26 Å². The van der Waals surface area contributed by atoms with E-state index in [0.717, 1.165) is 12.1 Å². The van der Waals surface area contributed by atoms with Crippen molar-refractivity contribution < 1.29 is 9.84 Å². The summed E-state index contributed by atoms with van der Waals surface area (Å²) in [7, 11) is 1.64. The van der Waals surface area contributed by atoms with E-state index in [-0.39, 0.29) is 6.61 Å². The Bertz CT molecular complexity index is 376. The molecule has 0 atom stereocenters. The molecular weight excluding hydrogens is 218 g/mol. The van der Waals surface area contributed by atoms with Crippen molar-refractivity contribution >= 4 is 0 Å². The van der Waals surface area contributed by atoms with Gasteiger partial charge in [-0.3, -0.25) is 4.90 Å². The van der Waals surface area contributed by atoms with Gasteiger partial charge in [-0.05, 0) is 6.07 Å². The molecule has 0 saturated heterocycles. The first-order valence-corrected chi connectivity index (χ1v) is 5.48. The second-order valence-corrected chi connectivity index (χ2v) is 3.62. The topological polar surface area (TPSA) is 69.4 Å². The van der Waals surface area contributed by atoms with Crippen LogP contribution in [0.5, 0.6) is 0 Å². The maximum atomic E-state index is 8.98. The Kier molecular flexibility index (Phi) is 6.18. The normalized spacial score (nSPS) is 10.5. The molecule has 5 heteroatoms. The van der Waals surface area contributed by atoms with Crippen LogP contribution in [0.3, 0.4) is 0 Å². The second-order valence-electron chi connectivity index (χ2n) is 3.62. The highest BCUT2D eigenvalue weighted by Gasteiger charge is 2.09. The molecule has 0 aromatic carbocycles. The number of nitriles is 1. The monoisotopic (exact) mass is 235 g/mol. The lowest BCUT2D eigenvalue weighted by atomic mass is 10.2. The summed E-state index contributed by atoms with van der Waals surface area (Å²) in [6.07, 6.45) is 1.60. The first-order valence-electron chi connectivity index (χ1n) is 5.48. The predicted octanol–water partition coefficient (Wildman–Crippen LogP) is 0.394. The lowest BCUT2D eigenvalue weighted by Gasteiger charge is -2.21. The number of ether oxygens (including phenoxy) is 1. The zero-order chi connectivity index (χ0) is 12.5. The van der Waals surface area contributed by atoms with E-state index in [1.807, 2.05) is 17.0 Å². The van der Waals surface area contributed by atoms with E-state index < -0.39 is 0 Å². The molecule has 0 saturated carbocycles. The molecule has 1 N–H and O–H groups in total. The van der Waals surface area contributed by atoms with E-state index in [2.05, 4.69) is 11.1 Å². The largest absolute Gasteiger partial charge is 0.395 e. The Hall–Kier alpha value is -1.48. The summed E-state index contributed by atoms with van der Waals surface area (Å²) < 4.78 is 5.01. The molecule has 92 valence electrons. The minimum absolute atomic E-state index is 0.0892. The highest BCUT2D eigenvalue weighted by Crippen LogP contribution is 2.07. The molecule has 0 bridgehead atoms. The number of pyridine rings is 1. The summed E-state index contributed by atoms with van der Waals surface area (Å²) in [5, 5.41) is 17.9. The van der Waals surface area contributed by atoms with E-state index in [1.54, 1.807) is 13.3 Å². The van der Waals surface area contributed by atoms with Gasteiger partial charge in [-0.25, -0.2) is 4.98 Å². The predicted molar refractivity (Wildman–Crippen MR) is 63.2 cm³/mol. The fraction of sp³-hybridized carbons (Fsp3) is 0.500.